The molecule has 12 N–H and O–H groups in total. The Kier molecular flexibility index (Phi) is 45.8. The number of hydrogen-bond donors (Lipinski definition) is 12. The fourth-order valence-corrected chi connectivity index (χ4v) is 17.4. The zero-order chi connectivity index (χ0) is 99.0. The van der Waals surface area contributed by atoms with Gasteiger partial charge in [0.2, 0.25) is 0 Å². The van der Waals surface area contributed by atoms with Crippen molar-refractivity contribution < 1.29 is 24.4 Å². The molecule has 5 aliphatic rings. The highest BCUT2D eigenvalue weighted by atomic mass is 16.5. The number of nitrogens with zero attached hydrogens (tertiary/aromatic N) is 15. The minimum atomic E-state index is 0.140. The largest absolute Gasteiger partial charge is 0.396 e. The first-order valence-corrected chi connectivity index (χ1v) is 50.1. The monoisotopic (exact) mass is 1910 g/mol. The zero-order valence-electron chi connectivity index (χ0n) is 82.1. The minimum absolute atomic E-state index is 0.140. The molecular formula is C112H137N25O5. The number of rotatable bonds is 41. The summed E-state index contributed by atoms with van der Waals surface area (Å²) >= 11 is 0. The van der Waals surface area contributed by atoms with Crippen LogP contribution in [0.1, 0.15) is 231 Å². The molecule has 1 atom stereocenters. The molecule has 11 aromatic rings. The number of hydrogen-bond acceptors (Lipinski definition) is 30. The number of methoxy groups -OCH3 is 2. The van der Waals surface area contributed by atoms with Gasteiger partial charge in [0.05, 0.1) is 74.7 Å². The van der Waals surface area contributed by atoms with Gasteiger partial charge < -0.3 is 77.6 Å². The van der Waals surface area contributed by atoms with E-state index in [4.69, 9.17) is 56.5 Å². The standard InChI is InChI=1S/C24H25N5O.C22H29N5O.C22H27N5O.C22H29N5O.C22H27N5O/c1-2-19-15-27-24(17-26-19)29-23-14-22(25-12-11-20-10-6-7-13-30-20)21(16-28-23)18-8-4-3-5-9-18;2*1-3-19-15-26-22(16-23-19)27-21-12-20(18(14-25-21)10-7-11-28-2)24-13-17-8-5-4-6-9-17;2*1-2-19-15-26-22(16-23-19)27-21-12-20(18(14-25-21)10-6-7-11-28)24-13-17-8-4-3-5-9-17/h1,3-5,8-9,14-17,20H,6-7,10-13H2,(H2,25,27,28,29);1,12,14-17H,4-11,13H2,2H3,(H2,24,25,26,27);1,7,10,12,14-17H,4-6,8-9,11,13H2,2H3,(H2,24,25,26,27);1,12,14-17,28H,3-11,13H2,(H2,24,25,26,27);1,6,10,12,14-17,28H,3-5,7-9,11,13H2,(H2,24,25,26,27)/b;;10-7+;;10-6+. The van der Waals surface area contributed by atoms with E-state index < -0.39 is 0 Å². The van der Waals surface area contributed by atoms with Gasteiger partial charge in [-0.1, -0.05) is 132 Å². The van der Waals surface area contributed by atoms with Crippen LogP contribution in [-0.4, -0.2) is 171 Å². The second kappa shape index (κ2) is 61.1. The zero-order valence-corrected chi connectivity index (χ0v) is 82.1. The third kappa shape index (κ3) is 37.2. The number of benzene rings is 1. The van der Waals surface area contributed by atoms with Crippen molar-refractivity contribution in [3.8, 4) is 72.8 Å². The second-order valence-electron chi connectivity index (χ2n) is 35.8. The SMILES string of the molecule is C#Cc1cnc(Nc2cc(NCC3CCCCC3)c(/C=C/CCO)cn2)cn1.C#Cc1cnc(Nc2cc(NCC3CCCCC3)c(/C=C/COC)cn2)cn1.C#Cc1cnc(Nc2cc(NCC3CCCCC3)c(CCCCO)cn2)cn1.C#Cc1cnc(Nc2cc(NCC3CCCCC3)c(CCCOC)cn2)cn1.C#Cc1cnc(Nc2cc(NCCC3CCCCO3)c(-c3ccccc3)cn2)cn1. The van der Waals surface area contributed by atoms with Crippen molar-refractivity contribution in [2.24, 2.45) is 23.7 Å². The Labute approximate surface area is 838 Å². The van der Waals surface area contributed by atoms with Gasteiger partial charge in [-0.2, -0.15) is 0 Å². The van der Waals surface area contributed by atoms with E-state index in [0.717, 1.165) is 177 Å². The van der Waals surface area contributed by atoms with Gasteiger partial charge in [0.15, 0.2) is 0 Å². The number of aromatic nitrogens is 15. The number of aryl methyl sites for hydroxylation is 2. The summed E-state index contributed by atoms with van der Waals surface area (Å²) in [5, 5.41) is 52.2. The van der Waals surface area contributed by atoms with Gasteiger partial charge in [-0.3, -0.25) is 0 Å². The molecule has 0 bridgehead atoms. The van der Waals surface area contributed by atoms with E-state index in [2.05, 4.69) is 176 Å². The van der Waals surface area contributed by atoms with E-state index in [1.807, 2.05) is 97.8 Å². The lowest BCUT2D eigenvalue weighted by atomic mass is 9.89. The minimum Gasteiger partial charge on any atom is -0.396 e. The first-order valence-electron chi connectivity index (χ1n) is 50.1. The van der Waals surface area contributed by atoms with Crippen LogP contribution >= 0.6 is 0 Å². The number of ether oxygens (including phenoxy) is 3. The molecule has 5 fully saturated rings. The maximum absolute atomic E-state index is 9.07. The normalized spacial score (nSPS) is 14.9. The van der Waals surface area contributed by atoms with Gasteiger partial charge in [0, 0.05) is 180 Å². The maximum atomic E-state index is 9.07. The predicted octanol–water partition coefficient (Wildman–Crippen LogP) is 20.9. The third-order valence-electron chi connectivity index (χ3n) is 25.2. The van der Waals surface area contributed by atoms with Crippen molar-refractivity contribution in [1.82, 2.24) is 74.8 Å². The summed E-state index contributed by atoms with van der Waals surface area (Å²) in [7, 11) is 3.42. The first-order chi connectivity index (χ1) is 69.9. The number of nitrogens with one attached hydrogen (secondary N) is 10. The number of aliphatic hydroxyl groups is 2. The quantitative estimate of drug-likeness (QED) is 0.0125. The number of unbranched alkanes of at least 4 members (excludes halogenated alkanes) is 1. The molecule has 0 radical (unpaired) electrons. The number of aliphatic hydroxyl groups excluding tert-OH is 2. The van der Waals surface area contributed by atoms with Crippen molar-refractivity contribution in [2.45, 2.75) is 199 Å². The number of anilines is 15. The maximum Gasteiger partial charge on any atom is 0.150 e. The van der Waals surface area contributed by atoms with Crippen molar-refractivity contribution >= 4 is 98.8 Å². The molecule has 16 rings (SSSR count). The molecule has 11 heterocycles. The molecule has 740 valence electrons. The summed E-state index contributed by atoms with van der Waals surface area (Å²) in [4.78, 5) is 64.8. The van der Waals surface area contributed by atoms with Crippen molar-refractivity contribution in [1.29, 1.82) is 0 Å². The molecule has 4 aliphatic carbocycles. The Morgan fingerprint density at radius 2 is 0.711 bits per heavy atom. The predicted molar refractivity (Wildman–Crippen MR) is 572 cm³/mol. The summed E-state index contributed by atoms with van der Waals surface area (Å²) in [5.41, 5.74) is 14.5. The molecular weight excluding hydrogens is 1780 g/mol. The average Bonchev–Trinajstić information content (AvgIpc) is 0.814. The topological polar surface area (TPSA) is 382 Å². The van der Waals surface area contributed by atoms with E-state index >= 15 is 0 Å². The highest BCUT2D eigenvalue weighted by Crippen LogP contribution is 2.35. The highest BCUT2D eigenvalue weighted by molar-refractivity contribution is 5.80. The van der Waals surface area contributed by atoms with Crippen LogP contribution in [-0.2, 0) is 27.1 Å². The molecule has 0 amide bonds. The fourth-order valence-electron chi connectivity index (χ4n) is 17.4. The lowest BCUT2D eigenvalue weighted by molar-refractivity contribution is 0.0134. The molecule has 1 aliphatic heterocycles. The van der Waals surface area contributed by atoms with Gasteiger partial charge in [0.1, 0.15) is 86.6 Å². The summed E-state index contributed by atoms with van der Waals surface area (Å²) < 4.78 is 16.2. The smallest absolute Gasteiger partial charge is 0.150 e. The van der Waals surface area contributed by atoms with E-state index in [1.54, 1.807) is 76.2 Å². The van der Waals surface area contributed by atoms with Crippen LogP contribution in [0.2, 0.25) is 0 Å². The van der Waals surface area contributed by atoms with Gasteiger partial charge in [-0.05, 0) is 186 Å². The molecule has 142 heavy (non-hydrogen) atoms. The molecule has 10 aromatic heterocycles. The Hall–Kier alpha value is -14.6. The second-order valence-corrected chi connectivity index (χ2v) is 35.8. The van der Waals surface area contributed by atoms with Crippen molar-refractivity contribution in [2.75, 3.05) is 133 Å². The molecule has 1 saturated heterocycles. The van der Waals surface area contributed by atoms with E-state index in [-0.39, 0.29) is 13.2 Å². The van der Waals surface area contributed by atoms with Crippen LogP contribution in [0.15, 0.2) is 166 Å². The Bertz CT molecular complexity index is 5580. The van der Waals surface area contributed by atoms with Gasteiger partial charge in [-0.25, -0.2) is 74.8 Å². The molecule has 4 saturated carbocycles. The van der Waals surface area contributed by atoms with Crippen molar-refractivity contribution in [3.63, 3.8) is 0 Å². The van der Waals surface area contributed by atoms with Gasteiger partial charge in [0.25, 0.3) is 0 Å². The number of pyridine rings is 5. The van der Waals surface area contributed by atoms with Crippen LogP contribution in [0.25, 0.3) is 23.3 Å². The molecule has 30 heteroatoms. The van der Waals surface area contributed by atoms with Crippen LogP contribution in [0.4, 0.5) is 86.6 Å². The summed E-state index contributed by atoms with van der Waals surface area (Å²) in [6, 6.07) is 20.3. The van der Waals surface area contributed by atoms with E-state index in [1.165, 1.54) is 152 Å². The van der Waals surface area contributed by atoms with E-state index in [0.29, 0.717) is 94.1 Å². The Balaban J connectivity index is 0.000000159. The van der Waals surface area contributed by atoms with Gasteiger partial charge in [-0.15, -0.1) is 32.1 Å². The average molecular weight is 1910 g/mol. The lowest BCUT2D eigenvalue weighted by Gasteiger charge is -2.23. The molecule has 1 unspecified atom stereocenters. The fraction of sp³-hybridized carbons (Fsp3) is 0.420. The lowest BCUT2D eigenvalue weighted by Crippen LogP contribution is -2.22. The number of terminal acetylenes is 5. The highest BCUT2D eigenvalue weighted by Gasteiger charge is 2.22. The van der Waals surface area contributed by atoms with Crippen LogP contribution in [0.5, 0.6) is 0 Å². The summed E-state index contributed by atoms with van der Waals surface area (Å²) in [5.74, 6) is 21.8. The van der Waals surface area contributed by atoms with Crippen LogP contribution in [0, 0.1) is 85.4 Å². The molecule has 0 spiro atoms. The van der Waals surface area contributed by atoms with Crippen LogP contribution in [0.3, 0.4) is 0 Å². The van der Waals surface area contributed by atoms with Crippen LogP contribution < -0.4 is 53.2 Å². The molecule has 30 nitrogen and oxygen atoms in total. The first kappa shape index (κ1) is 106. The Morgan fingerprint density at radius 3 is 1.07 bits per heavy atom. The van der Waals surface area contributed by atoms with E-state index in [9.17, 15) is 0 Å². The third-order valence-corrected chi connectivity index (χ3v) is 25.2. The Morgan fingerprint density at radius 1 is 0.352 bits per heavy atom. The molecule has 1 aromatic carbocycles. The summed E-state index contributed by atoms with van der Waals surface area (Å²) in [6.45, 7) is 7.34. The van der Waals surface area contributed by atoms with Crippen molar-refractivity contribution in [3.05, 3.63) is 216 Å². The summed E-state index contributed by atoms with van der Waals surface area (Å²) in [6.07, 6.45) is 96.5. The van der Waals surface area contributed by atoms with Gasteiger partial charge >= 0.3 is 0 Å².